The van der Waals surface area contributed by atoms with Crippen LogP contribution in [0.15, 0.2) is 41.9 Å². The minimum atomic E-state index is -0.0313. The molecule has 0 aliphatic rings. The van der Waals surface area contributed by atoms with E-state index < -0.39 is 0 Å². The van der Waals surface area contributed by atoms with Gasteiger partial charge in [-0.05, 0) is 12.1 Å². The maximum absolute atomic E-state index is 7.54. The van der Waals surface area contributed by atoms with Gasteiger partial charge in [-0.2, -0.15) is 0 Å². The van der Waals surface area contributed by atoms with Crippen LogP contribution < -0.4 is 10.6 Å². The molecule has 2 rings (SSSR count). The molecule has 1 heterocycles. The largest absolute Gasteiger partial charge is 0.369 e. The first-order chi connectivity index (χ1) is 7.29. The standard InChI is InChI=1S/C10H10N4S/c11-9(12)14(10-13-6-7-15-10)8-4-2-1-3-5-8/h1-7H,(H3,11,12). The van der Waals surface area contributed by atoms with Crippen molar-refractivity contribution >= 4 is 28.1 Å². The quantitative estimate of drug-likeness (QED) is 0.599. The molecular formula is C10H10N4S. The van der Waals surface area contributed by atoms with Gasteiger partial charge in [0.1, 0.15) is 0 Å². The summed E-state index contributed by atoms with van der Waals surface area (Å²) in [7, 11) is 0. The third kappa shape index (κ3) is 1.97. The van der Waals surface area contributed by atoms with Crippen molar-refractivity contribution < 1.29 is 0 Å². The molecule has 0 bridgehead atoms. The minimum Gasteiger partial charge on any atom is -0.369 e. The lowest BCUT2D eigenvalue weighted by atomic mass is 10.3. The van der Waals surface area contributed by atoms with Crippen molar-refractivity contribution in [2.75, 3.05) is 4.90 Å². The maximum Gasteiger partial charge on any atom is 0.199 e. The van der Waals surface area contributed by atoms with Crippen LogP contribution in [0, 0.1) is 5.41 Å². The van der Waals surface area contributed by atoms with Gasteiger partial charge in [0.05, 0.1) is 5.69 Å². The number of rotatable bonds is 2. The average molecular weight is 218 g/mol. The average Bonchev–Trinajstić information content (AvgIpc) is 2.72. The van der Waals surface area contributed by atoms with Crippen LogP contribution >= 0.6 is 11.3 Å². The topological polar surface area (TPSA) is 66.0 Å². The highest BCUT2D eigenvalue weighted by Crippen LogP contribution is 2.25. The fraction of sp³-hybridized carbons (Fsp3) is 0. The van der Waals surface area contributed by atoms with E-state index in [0.717, 1.165) is 5.69 Å². The van der Waals surface area contributed by atoms with Crippen molar-refractivity contribution in [2.45, 2.75) is 0 Å². The van der Waals surface area contributed by atoms with E-state index in [1.165, 1.54) is 11.3 Å². The Hall–Kier alpha value is -1.88. The van der Waals surface area contributed by atoms with E-state index >= 15 is 0 Å². The molecule has 76 valence electrons. The Bertz CT molecular complexity index is 438. The summed E-state index contributed by atoms with van der Waals surface area (Å²) in [5, 5.41) is 10.1. The molecule has 3 N–H and O–H groups in total. The Balaban J connectivity index is 2.42. The van der Waals surface area contributed by atoms with Gasteiger partial charge in [0.15, 0.2) is 11.1 Å². The molecule has 0 amide bonds. The van der Waals surface area contributed by atoms with Crippen LogP contribution in [0.3, 0.4) is 0 Å². The van der Waals surface area contributed by atoms with E-state index in [4.69, 9.17) is 11.1 Å². The van der Waals surface area contributed by atoms with Gasteiger partial charge in [0.25, 0.3) is 0 Å². The summed E-state index contributed by atoms with van der Waals surface area (Å²) in [6.45, 7) is 0. The molecule has 0 aliphatic heterocycles. The van der Waals surface area contributed by atoms with E-state index in [0.29, 0.717) is 5.13 Å². The Labute approximate surface area is 91.5 Å². The second-order valence-corrected chi connectivity index (χ2v) is 3.74. The van der Waals surface area contributed by atoms with Crippen LogP contribution in [0.2, 0.25) is 0 Å². The molecule has 0 saturated heterocycles. The number of anilines is 2. The van der Waals surface area contributed by atoms with Crippen molar-refractivity contribution in [3.8, 4) is 0 Å². The van der Waals surface area contributed by atoms with Gasteiger partial charge in [-0.3, -0.25) is 10.3 Å². The summed E-state index contributed by atoms with van der Waals surface area (Å²) in [5.41, 5.74) is 6.38. The molecule has 0 atom stereocenters. The van der Waals surface area contributed by atoms with E-state index in [1.807, 2.05) is 35.7 Å². The van der Waals surface area contributed by atoms with E-state index in [9.17, 15) is 0 Å². The van der Waals surface area contributed by atoms with Gasteiger partial charge in [-0.25, -0.2) is 4.98 Å². The summed E-state index contributed by atoms with van der Waals surface area (Å²) in [4.78, 5) is 5.74. The minimum absolute atomic E-state index is 0.0313. The van der Waals surface area contributed by atoms with Crippen molar-refractivity contribution in [1.82, 2.24) is 4.98 Å². The zero-order valence-corrected chi connectivity index (χ0v) is 8.74. The molecule has 0 unspecified atom stereocenters. The van der Waals surface area contributed by atoms with E-state index in [-0.39, 0.29) is 5.96 Å². The Kier molecular flexibility index (Phi) is 2.64. The van der Waals surface area contributed by atoms with Crippen molar-refractivity contribution in [3.63, 3.8) is 0 Å². The van der Waals surface area contributed by atoms with Gasteiger partial charge >= 0.3 is 0 Å². The molecule has 0 spiro atoms. The lowest BCUT2D eigenvalue weighted by molar-refractivity contribution is 1.22. The SMILES string of the molecule is N=C(N)N(c1ccccc1)c1nccs1. The molecule has 0 aliphatic carbocycles. The first-order valence-corrected chi connectivity index (χ1v) is 5.25. The van der Waals surface area contributed by atoms with Gasteiger partial charge in [-0.15, -0.1) is 11.3 Å². The highest BCUT2D eigenvalue weighted by atomic mass is 32.1. The highest BCUT2D eigenvalue weighted by Gasteiger charge is 2.13. The van der Waals surface area contributed by atoms with Crippen LogP contribution in [0.1, 0.15) is 0 Å². The number of benzene rings is 1. The van der Waals surface area contributed by atoms with Crippen LogP contribution in [-0.2, 0) is 0 Å². The van der Waals surface area contributed by atoms with E-state index in [1.54, 1.807) is 11.1 Å². The molecule has 15 heavy (non-hydrogen) atoms. The smallest absolute Gasteiger partial charge is 0.199 e. The van der Waals surface area contributed by atoms with Crippen molar-refractivity contribution in [2.24, 2.45) is 5.73 Å². The predicted octanol–water partition coefficient (Wildman–Crippen LogP) is 2.17. The molecule has 2 aromatic rings. The van der Waals surface area contributed by atoms with Crippen LogP contribution in [0.5, 0.6) is 0 Å². The van der Waals surface area contributed by atoms with Crippen LogP contribution in [0.4, 0.5) is 10.8 Å². The molecule has 0 radical (unpaired) electrons. The highest BCUT2D eigenvalue weighted by molar-refractivity contribution is 7.13. The normalized spacial score (nSPS) is 9.87. The van der Waals surface area contributed by atoms with Crippen molar-refractivity contribution in [1.29, 1.82) is 5.41 Å². The number of aromatic nitrogens is 1. The molecule has 5 heteroatoms. The summed E-state index contributed by atoms with van der Waals surface area (Å²) in [5.74, 6) is -0.0313. The molecule has 0 saturated carbocycles. The maximum atomic E-state index is 7.54. The number of hydrogen-bond acceptors (Lipinski definition) is 3. The fourth-order valence-electron chi connectivity index (χ4n) is 1.26. The molecule has 1 aromatic heterocycles. The first kappa shape index (κ1) is 9.67. The zero-order chi connectivity index (χ0) is 10.7. The summed E-state index contributed by atoms with van der Waals surface area (Å²) in [6, 6.07) is 9.51. The first-order valence-electron chi connectivity index (χ1n) is 4.38. The number of nitrogens with two attached hydrogens (primary N) is 1. The summed E-state index contributed by atoms with van der Waals surface area (Å²) < 4.78 is 0. The third-order valence-electron chi connectivity index (χ3n) is 1.87. The van der Waals surface area contributed by atoms with Crippen LogP contribution in [-0.4, -0.2) is 10.9 Å². The van der Waals surface area contributed by atoms with Gasteiger partial charge in [0.2, 0.25) is 0 Å². The molecular weight excluding hydrogens is 208 g/mol. The van der Waals surface area contributed by atoms with E-state index in [2.05, 4.69) is 4.98 Å². The fourth-order valence-corrected chi connectivity index (χ4v) is 1.93. The summed E-state index contributed by atoms with van der Waals surface area (Å²) >= 11 is 1.45. The third-order valence-corrected chi connectivity index (χ3v) is 2.62. The van der Waals surface area contributed by atoms with Gasteiger partial charge in [0, 0.05) is 11.6 Å². The number of nitrogens with one attached hydrogen (secondary N) is 1. The zero-order valence-electron chi connectivity index (χ0n) is 7.92. The van der Waals surface area contributed by atoms with Crippen LogP contribution in [0.25, 0.3) is 0 Å². The van der Waals surface area contributed by atoms with Gasteiger partial charge < -0.3 is 5.73 Å². The lowest BCUT2D eigenvalue weighted by Gasteiger charge is -2.19. The second kappa shape index (κ2) is 4.10. The Morgan fingerprint density at radius 1 is 1.33 bits per heavy atom. The Morgan fingerprint density at radius 2 is 2.07 bits per heavy atom. The molecule has 0 fully saturated rings. The number of hydrogen-bond donors (Lipinski definition) is 2. The second-order valence-electron chi connectivity index (χ2n) is 2.87. The molecule has 4 nitrogen and oxygen atoms in total. The number of para-hydroxylation sites is 1. The Morgan fingerprint density at radius 3 is 2.60 bits per heavy atom. The molecule has 1 aromatic carbocycles. The predicted molar refractivity (Wildman–Crippen MR) is 62.6 cm³/mol. The van der Waals surface area contributed by atoms with Crippen molar-refractivity contribution in [3.05, 3.63) is 41.9 Å². The van der Waals surface area contributed by atoms with Gasteiger partial charge in [-0.1, -0.05) is 18.2 Å². The monoisotopic (exact) mass is 218 g/mol. The number of thiazole rings is 1. The summed E-state index contributed by atoms with van der Waals surface area (Å²) in [6.07, 6.45) is 1.69. The lowest BCUT2D eigenvalue weighted by Crippen LogP contribution is -2.32. The number of nitrogens with zero attached hydrogens (tertiary/aromatic N) is 2. The number of guanidine groups is 1.